The molecule has 0 bridgehead atoms. The Bertz CT molecular complexity index is 930. The molecule has 0 fully saturated rings. The summed E-state index contributed by atoms with van der Waals surface area (Å²) < 4.78 is 0. The fourth-order valence-electron chi connectivity index (χ4n) is 2.68. The Balaban J connectivity index is 1.78. The third-order valence-corrected chi connectivity index (χ3v) is 3.92. The molecule has 0 atom stereocenters. The van der Waals surface area contributed by atoms with Crippen LogP contribution in [0.2, 0.25) is 0 Å². The summed E-state index contributed by atoms with van der Waals surface area (Å²) in [5, 5.41) is 6.22. The Kier molecular flexibility index (Phi) is 4.75. The Labute approximate surface area is 146 Å². The van der Waals surface area contributed by atoms with Crippen LogP contribution in [-0.4, -0.2) is 16.8 Å². The van der Waals surface area contributed by atoms with Crippen molar-refractivity contribution in [1.29, 1.82) is 0 Å². The van der Waals surface area contributed by atoms with Crippen LogP contribution in [0.1, 0.15) is 25.3 Å². The first-order valence-electron chi connectivity index (χ1n) is 8.11. The van der Waals surface area contributed by atoms with Gasteiger partial charge in [0, 0.05) is 17.3 Å². The van der Waals surface area contributed by atoms with Crippen molar-refractivity contribution in [3.05, 3.63) is 66.4 Å². The van der Waals surface area contributed by atoms with E-state index in [2.05, 4.69) is 15.6 Å². The summed E-state index contributed by atoms with van der Waals surface area (Å²) in [4.78, 5) is 28.8. The summed E-state index contributed by atoms with van der Waals surface area (Å²) in [6.07, 6.45) is 1.65. The first kappa shape index (κ1) is 16.6. The van der Waals surface area contributed by atoms with Gasteiger partial charge in [-0.25, -0.2) is 0 Å². The van der Waals surface area contributed by atoms with Crippen molar-refractivity contribution in [2.75, 3.05) is 10.6 Å². The molecule has 0 aliphatic carbocycles. The highest BCUT2D eigenvalue weighted by atomic mass is 16.2. The number of hydrogen-bond acceptors (Lipinski definition) is 3. The van der Waals surface area contributed by atoms with E-state index in [0.717, 1.165) is 10.9 Å². The maximum Gasteiger partial charge on any atom is 0.314 e. The van der Waals surface area contributed by atoms with E-state index in [-0.39, 0.29) is 5.92 Å². The molecular weight excluding hydrogens is 314 g/mol. The zero-order valence-corrected chi connectivity index (χ0v) is 14.1. The van der Waals surface area contributed by atoms with Crippen molar-refractivity contribution in [2.24, 2.45) is 0 Å². The van der Waals surface area contributed by atoms with E-state index in [4.69, 9.17) is 0 Å². The first-order chi connectivity index (χ1) is 12.1. The monoisotopic (exact) mass is 333 g/mol. The number of anilines is 2. The van der Waals surface area contributed by atoms with Crippen molar-refractivity contribution in [2.45, 2.75) is 19.8 Å². The van der Waals surface area contributed by atoms with Gasteiger partial charge in [-0.15, -0.1) is 0 Å². The van der Waals surface area contributed by atoms with Crippen molar-refractivity contribution in [1.82, 2.24) is 4.98 Å². The molecule has 2 N–H and O–H groups in total. The molecular formula is C20H19N3O2. The fraction of sp³-hybridized carbons (Fsp3) is 0.150. The van der Waals surface area contributed by atoms with Crippen LogP contribution in [0, 0.1) is 0 Å². The van der Waals surface area contributed by atoms with E-state index in [1.807, 2.05) is 56.3 Å². The van der Waals surface area contributed by atoms with Gasteiger partial charge in [0.25, 0.3) is 0 Å². The summed E-state index contributed by atoms with van der Waals surface area (Å²) >= 11 is 0. The smallest absolute Gasteiger partial charge is 0.314 e. The van der Waals surface area contributed by atoms with Gasteiger partial charge < -0.3 is 10.6 Å². The quantitative estimate of drug-likeness (QED) is 0.713. The number of amides is 2. The summed E-state index contributed by atoms with van der Waals surface area (Å²) in [5.41, 5.74) is 2.79. The Morgan fingerprint density at radius 1 is 0.840 bits per heavy atom. The van der Waals surface area contributed by atoms with Crippen LogP contribution in [0.15, 0.2) is 60.8 Å². The molecule has 0 saturated heterocycles. The highest BCUT2D eigenvalue weighted by Gasteiger charge is 2.17. The van der Waals surface area contributed by atoms with Gasteiger partial charge in [0.1, 0.15) is 0 Å². The third kappa shape index (κ3) is 3.66. The number of fused-ring (bicyclic) bond motifs is 1. The molecule has 25 heavy (non-hydrogen) atoms. The summed E-state index contributed by atoms with van der Waals surface area (Å²) in [6.45, 7) is 4.07. The lowest BCUT2D eigenvalue weighted by Gasteiger charge is -2.13. The number of pyridine rings is 1. The van der Waals surface area contributed by atoms with E-state index in [1.54, 1.807) is 18.3 Å². The molecule has 0 aliphatic heterocycles. The molecule has 2 amide bonds. The summed E-state index contributed by atoms with van der Waals surface area (Å²) in [6, 6.07) is 16.6. The lowest BCUT2D eigenvalue weighted by Crippen LogP contribution is -2.29. The van der Waals surface area contributed by atoms with Gasteiger partial charge in [-0.3, -0.25) is 14.6 Å². The third-order valence-electron chi connectivity index (χ3n) is 3.92. The standard InChI is InChI=1S/C20H19N3O2/c1-13(2)15-9-3-4-10-16(15)22-19(24)20(25)23-17-11-5-7-14-8-6-12-21-18(14)17/h3-13H,1-2H3,(H,22,24)(H,23,25). The van der Waals surface area contributed by atoms with Crippen molar-refractivity contribution < 1.29 is 9.59 Å². The number of carbonyl (C=O) groups is 2. The number of aromatic nitrogens is 1. The van der Waals surface area contributed by atoms with Gasteiger partial charge in [-0.05, 0) is 29.7 Å². The number of carbonyl (C=O) groups excluding carboxylic acids is 2. The van der Waals surface area contributed by atoms with Crippen molar-refractivity contribution in [3.63, 3.8) is 0 Å². The van der Waals surface area contributed by atoms with Crippen LogP contribution in [0.4, 0.5) is 11.4 Å². The van der Waals surface area contributed by atoms with Gasteiger partial charge >= 0.3 is 11.8 Å². The van der Waals surface area contributed by atoms with Gasteiger partial charge in [0.15, 0.2) is 0 Å². The average molecular weight is 333 g/mol. The van der Waals surface area contributed by atoms with E-state index in [0.29, 0.717) is 16.9 Å². The minimum atomic E-state index is -0.725. The van der Waals surface area contributed by atoms with E-state index in [1.165, 1.54) is 0 Å². The molecule has 5 nitrogen and oxygen atoms in total. The molecule has 0 saturated carbocycles. The van der Waals surface area contributed by atoms with Crippen LogP contribution in [-0.2, 0) is 9.59 Å². The second-order valence-corrected chi connectivity index (χ2v) is 6.03. The zero-order chi connectivity index (χ0) is 17.8. The van der Waals surface area contributed by atoms with Crippen LogP contribution < -0.4 is 10.6 Å². The minimum absolute atomic E-state index is 0.238. The van der Waals surface area contributed by atoms with Gasteiger partial charge in [-0.1, -0.05) is 50.2 Å². The predicted octanol–water partition coefficient (Wildman–Crippen LogP) is 3.94. The second-order valence-electron chi connectivity index (χ2n) is 6.03. The number of nitrogens with one attached hydrogen (secondary N) is 2. The summed E-state index contributed by atoms with van der Waals surface area (Å²) in [5.74, 6) is -1.19. The predicted molar refractivity (Wildman–Crippen MR) is 99.5 cm³/mol. The molecule has 0 unspecified atom stereocenters. The Morgan fingerprint density at radius 3 is 2.24 bits per heavy atom. The molecule has 3 rings (SSSR count). The molecule has 0 radical (unpaired) electrons. The van der Waals surface area contributed by atoms with E-state index in [9.17, 15) is 9.59 Å². The first-order valence-corrected chi connectivity index (χ1v) is 8.11. The zero-order valence-electron chi connectivity index (χ0n) is 14.1. The topological polar surface area (TPSA) is 71.1 Å². The highest BCUT2D eigenvalue weighted by molar-refractivity contribution is 6.44. The van der Waals surface area contributed by atoms with Gasteiger partial charge in [0.2, 0.25) is 0 Å². The second kappa shape index (κ2) is 7.13. The SMILES string of the molecule is CC(C)c1ccccc1NC(=O)C(=O)Nc1cccc2cccnc12. The van der Waals surface area contributed by atoms with Crippen LogP contribution in [0.5, 0.6) is 0 Å². The molecule has 1 heterocycles. The van der Waals surface area contributed by atoms with Crippen LogP contribution in [0.25, 0.3) is 10.9 Å². The fourth-order valence-corrected chi connectivity index (χ4v) is 2.68. The maximum atomic E-state index is 12.3. The number of para-hydroxylation sites is 2. The van der Waals surface area contributed by atoms with Crippen molar-refractivity contribution >= 4 is 34.1 Å². The van der Waals surface area contributed by atoms with E-state index >= 15 is 0 Å². The van der Waals surface area contributed by atoms with Crippen molar-refractivity contribution in [3.8, 4) is 0 Å². The normalized spacial score (nSPS) is 10.7. The molecule has 5 heteroatoms. The molecule has 0 spiro atoms. The Hall–Kier alpha value is -3.21. The van der Waals surface area contributed by atoms with Gasteiger partial charge in [0.05, 0.1) is 11.2 Å². The molecule has 2 aromatic carbocycles. The summed E-state index contributed by atoms with van der Waals surface area (Å²) in [7, 11) is 0. The molecule has 1 aromatic heterocycles. The highest BCUT2D eigenvalue weighted by Crippen LogP contribution is 2.24. The minimum Gasteiger partial charge on any atom is -0.318 e. The molecule has 3 aromatic rings. The van der Waals surface area contributed by atoms with Crippen LogP contribution in [0.3, 0.4) is 0 Å². The molecule has 126 valence electrons. The lowest BCUT2D eigenvalue weighted by atomic mass is 10.0. The number of nitrogens with zero attached hydrogens (tertiary/aromatic N) is 1. The number of rotatable bonds is 3. The molecule has 0 aliphatic rings. The lowest BCUT2D eigenvalue weighted by molar-refractivity contribution is -0.132. The van der Waals surface area contributed by atoms with Crippen LogP contribution >= 0.6 is 0 Å². The van der Waals surface area contributed by atoms with E-state index < -0.39 is 11.8 Å². The number of benzene rings is 2. The Morgan fingerprint density at radius 2 is 1.48 bits per heavy atom. The maximum absolute atomic E-state index is 12.3. The average Bonchev–Trinajstić information content (AvgIpc) is 2.62. The largest absolute Gasteiger partial charge is 0.318 e. The number of hydrogen-bond donors (Lipinski definition) is 2. The van der Waals surface area contributed by atoms with Gasteiger partial charge in [-0.2, -0.15) is 0 Å².